The van der Waals surface area contributed by atoms with E-state index in [9.17, 15) is 8.78 Å². The lowest BCUT2D eigenvalue weighted by atomic mass is 9.94. The molecular formula is C22H26F2N2O2. The van der Waals surface area contributed by atoms with Gasteiger partial charge in [0.05, 0.1) is 12.3 Å². The largest absolute Gasteiger partial charge is 0.490 e. The van der Waals surface area contributed by atoms with E-state index < -0.39 is 5.92 Å². The smallest absolute Gasteiger partial charge is 0.248 e. The highest BCUT2D eigenvalue weighted by atomic mass is 19.3. The van der Waals surface area contributed by atoms with Crippen LogP contribution in [-0.2, 0) is 0 Å². The third-order valence-corrected chi connectivity index (χ3v) is 5.67. The normalized spacial score (nSPS) is 20.2. The summed E-state index contributed by atoms with van der Waals surface area (Å²) in [5, 5.41) is 3.86. The molecular weight excluding hydrogens is 362 g/mol. The molecule has 2 heterocycles. The number of hydrogen-bond donors (Lipinski definition) is 0. The van der Waals surface area contributed by atoms with Crippen LogP contribution in [0.3, 0.4) is 0 Å². The molecule has 0 unspecified atom stereocenters. The summed E-state index contributed by atoms with van der Waals surface area (Å²) in [6, 6.07) is 7.95. The molecule has 0 radical (unpaired) electrons. The standard InChI is InChI=1S/C22H26F2N2O2/c1-16-21(15-25-28-16)26-11-7-17(8-12-26)13-18-3-2-4-20(14-18)27-19-5-9-22(23,24)10-6-19/h2-4,13-15,19H,5-12H2,1H3. The van der Waals surface area contributed by atoms with Crippen molar-refractivity contribution < 1.29 is 18.0 Å². The SMILES string of the molecule is Cc1oncc1N1CCC(=Cc2cccc(OC3CCC(F)(F)CC3)c2)CC1. The quantitative estimate of drug-likeness (QED) is 0.681. The average molecular weight is 388 g/mol. The number of alkyl halides is 2. The van der Waals surface area contributed by atoms with Gasteiger partial charge in [0.2, 0.25) is 5.92 Å². The van der Waals surface area contributed by atoms with Crippen LogP contribution in [0.25, 0.3) is 6.08 Å². The predicted octanol–water partition coefficient (Wildman–Crippen LogP) is 5.62. The number of piperidine rings is 1. The molecule has 1 saturated heterocycles. The van der Waals surface area contributed by atoms with Crippen LogP contribution in [-0.4, -0.2) is 30.3 Å². The van der Waals surface area contributed by atoms with Crippen LogP contribution in [0.5, 0.6) is 5.75 Å². The van der Waals surface area contributed by atoms with Gasteiger partial charge in [-0.05, 0) is 50.3 Å². The van der Waals surface area contributed by atoms with E-state index in [4.69, 9.17) is 9.26 Å². The van der Waals surface area contributed by atoms with Crippen molar-refractivity contribution in [1.82, 2.24) is 5.16 Å². The van der Waals surface area contributed by atoms with Gasteiger partial charge in [0.1, 0.15) is 11.4 Å². The Labute approximate surface area is 164 Å². The zero-order valence-electron chi connectivity index (χ0n) is 16.2. The first-order valence-corrected chi connectivity index (χ1v) is 9.99. The fourth-order valence-electron chi connectivity index (χ4n) is 4.01. The van der Waals surface area contributed by atoms with Crippen LogP contribution in [0.4, 0.5) is 14.5 Å². The van der Waals surface area contributed by atoms with Crippen LogP contribution in [0.2, 0.25) is 0 Å². The Kier molecular flexibility index (Phi) is 5.38. The topological polar surface area (TPSA) is 38.5 Å². The van der Waals surface area contributed by atoms with Gasteiger partial charge in [0.25, 0.3) is 0 Å². The molecule has 0 amide bonds. The first kappa shape index (κ1) is 19.0. The monoisotopic (exact) mass is 388 g/mol. The molecule has 1 saturated carbocycles. The molecule has 0 atom stereocenters. The predicted molar refractivity (Wildman–Crippen MR) is 105 cm³/mol. The maximum Gasteiger partial charge on any atom is 0.248 e. The summed E-state index contributed by atoms with van der Waals surface area (Å²) in [7, 11) is 0. The first-order valence-electron chi connectivity index (χ1n) is 9.99. The van der Waals surface area contributed by atoms with Crippen LogP contribution in [0.1, 0.15) is 49.8 Å². The zero-order chi connectivity index (χ0) is 19.6. The van der Waals surface area contributed by atoms with Gasteiger partial charge in [0.15, 0.2) is 5.76 Å². The van der Waals surface area contributed by atoms with Crippen LogP contribution < -0.4 is 9.64 Å². The van der Waals surface area contributed by atoms with E-state index in [0.29, 0.717) is 12.8 Å². The van der Waals surface area contributed by atoms with Gasteiger partial charge in [-0.2, -0.15) is 0 Å². The lowest BCUT2D eigenvalue weighted by Crippen LogP contribution is -2.30. The molecule has 1 aromatic carbocycles. The summed E-state index contributed by atoms with van der Waals surface area (Å²) >= 11 is 0. The van der Waals surface area contributed by atoms with Crippen molar-refractivity contribution in [2.75, 3.05) is 18.0 Å². The second-order valence-electron chi connectivity index (χ2n) is 7.80. The van der Waals surface area contributed by atoms with E-state index in [0.717, 1.165) is 48.7 Å². The molecule has 6 heteroatoms. The number of rotatable bonds is 4. The summed E-state index contributed by atoms with van der Waals surface area (Å²) in [4.78, 5) is 2.31. The van der Waals surface area contributed by atoms with Gasteiger partial charge in [-0.15, -0.1) is 0 Å². The molecule has 0 N–H and O–H groups in total. The molecule has 2 aliphatic rings. The van der Waals surface area contributed by atoms with Gasteiger partial charge in [-0.1, -0.05) is 28.9 Å². The van der Waals surface area contributed by atoms with Crippen LogP contribution in [0.15, 0.2) is 40.6 Å². The van der Waals surface area contributed by atoms with E-state index in [-0.39, 0.29) is 18.9 Å². The highest BCUT2D eigenvalue weighted by Crippen LogP contribution is 2.35. The summed E-state index contributed by atoms with van der Waals surface area (Å²) in [6.07, 6.45) is 6.55. The highest BCUT2D eigenvalue weighted by Gasteiger charge is 2.35. The number of halogens is 2. The Bertz CT molecular complexity index is 827. The number of aryl methyl sites for hydroxylation is 1. The van der Waals surface area contributed by atoms with Gasteiger partial charge in [-0.3, -0.25) is 0 Å². The van der Waals surface area contributed by atoms with Crippen LogP contribution >= 0.6 is 0 Å². The van der Waals surface area contributed by atoms with Gasteiger partial charge >= 0.3 is 0 Å². The third kappa shape index (κ3) is 4.54. The molecule has 1 aromatic heterocycles. The number of nitrogens with zero attached hydrogens (tertiary/aromatic N) is 2. The maximum absolute atomic E-state index is 13.3. The Morgan fingerprint density at radius 2 is 1.96 bits per heavy atom. The fourth-order valence-corrected chi connectivity index (χ4v) is 4.01. The molecule has 28 heavy (non-hydrogen) atoms. The van der Waals surface area contributed by atoms with Crippen molar-refractivity contribution >= 4 is 11.8 Å². The van der Waals surface area contributed by atoms with Crippen molar-refractivity contribution in [3.8, 4) is 5.75 Å². The average Bonchev–Trinajstić information content (AvgIpc) is 3.10. The Morgan fingerprint density at radius 1 is 1.21 bits per heavy atom. The molecule has 0 bridgehead atoms. The molecule has 2 aromatic rings. The van der Waals surface area contributed by atoms with Crippen LogP contribution in [0, 0.1) is 6.92 Å². The van der Waals surface area contributed by atoms with E-state index >= 15 is 0 Å². The second kappa shape index (κ2) is 7.94. The minimum absolute atomic E-state index is 0.0798. The molecule has 1 aliphatic heterocycles. The molecule has 4 nitrogen and oxygen atoms in total. The number of aromatic nitrogens is 1. The second-order valence-corrected chi connectivity index (χ2v) is 7.80. The van der Waals surface area contributed by atoms with Gasteiger partial charge in [-0.25, -0.2) is 8.78 Å². The third-order valence-electron chi connectivity index (χ3n) is 5.67. The van der Waals surface area contributed by atoms with E-state index in [1.54, 1.807) is 6.20 Å². The van der Waals surface area contributed by atoms with Crippen molar-refractivity contribution in [2.45, 2.75) is 57.5 Å². The Morgan fingerprint density at radius 3 is 2.64 bits per heavy atom. The summed E-state index contributed by atoms with van der Waals surface area (Å²) in [5.74, 6) is -0.897. The number of benzene rings is 1. The maximum atomic E-state index is 13.3. The number of anilines is 1. The van der Waals surface area contributed by atoms with E-state index in [2.05, 4.69) is 22.2 Å². The Balaban J connectivity index is 1.35. The molecule has 4 rings (SSSR count). The highest BCUT2D eigenvalue weighted by molar-refractivity contribution is 5.57. The minimum Gasteiger partial charge on any atom is -0.490 e. The van der Waals surface area contributed by atoms with E-state index in [1.165, 1.54) is 5.57 Å². The van der Waals surface area contributed by atoms with Gasteiger partial charge < -0.3 is 14.2 Å². The first-order chi connectivity index (χ1) is 13.5. The molecule has 0 spiro atoms. The Hall–Kier alpha value is -2.37. The van der Waals surface area contributed by atoms with E-state index in [1.807, 2.05) is 25.1 Å². The van der Waals surface area contributed by atoms with Crippen molar-refractivity contribution in [3.63, 3.8) is 0 Å². The number of ether oxygens (including phenoxy) is 1. The molecule has 2 fully saturated rings. The lowest BCUT2D eigenvalue weighted by molar-refractivity contribution is -0.0582. The van der Waals surface area contributed by atoms with Crippen molar-refractivity contribution in [3.05, 3.63) is 47.4 Å². The number of hydrogen-bond acceptors (Lipinski definition) is 4. The summed E-state index contributed by atoms with van der Waals surface area (Å²) in [6.45, 7) is 3.83. The fraction of sp³-hybridized carbons (Fsp3) is 0.500. The lowest BCUT2D eigenvalue weighted by Gasteiger charge is -2.29. The summed E-state index contributed by atoms with van der Waals surface area (Å²) < 4.78 is 37.7. The minimum atomic E-state index is -2.52. The van der Waals surface area contributed by atoms with Crippen molar-refractivity contribution in [2.24, 2.45) is 0 Å². The van der Waals surface area contributed by atoms with Crippen molar-refractivity contribution in [1.29, 1.82) is 0 Å². The molecule has 150 valence electrons. The van der Waals surface area contributed by atoms with Gasteiger partial charge in [0, 0.05) is 25.9 Å². The molecule has 1 aliphatic carbocycles. The summed E-state index contributed by atoms with van der Waals surface area (Å²) in [5.41, 5.74) is 3.58. The zero-order valence-corrected chi connectivity index (χ0v) is 16.2.